The molecule has 3 heteroatoms. The van der Waals surface area contributed by atoms with E-state index in [0.717, 1.165) is 17.2 Å². The monoisotopic (exact) mass is 349 g/mol. The van der Waals surface area contributed by atoms with Crippen LogP contribution in [-0.4, -0.2) is 5.91 Å². The van der Waals surface area contributed by atoms with Crippen LogP contribution in [0.25, 0.3) is 0 Å². The summed E-state index contributed by atoms with van der Waals surface area (Å²) in [6.07, 6.45) is 8.15. The number of hydrogen-bond acceptors (Lipinski definition) is 1. The molecule has 1 amide bonds. The first kappa shape index (κ1) is 15.1. The van der Waals surface area contributed by atoms with E-state index >= 15 is 0 Å². The van der Waals surface area contributed by atoms with Gasteiger partial charge in [0.1, 0.15) is 0 Å². The van der Waals surface area contributed by atoms with Crippen molar-refractivity contribution in [1.82, 2.24) is 0 Å². The second-order valence-corrected chi connectivity index (χ2v) is 8.18. The Bertz CT molecular complexity index is 546. The molecule has 0 aromatic heterocycles. The molecule has 1 aromatic rings. The molecule has 3 rings (SSSR count). The summed E-state index contributed by atoms with van der Waals surface area (Å²) >= 11 is 3.85. The molecule has 21 heavy (non-hydrogen) atoms. The van der Waals surface area contributed by atoms with Gasteiger partial charge < -0.3 is 5.32 Å². The molecule has 1 aliphatic carbocycles. The van der Waals surface area contributed by atoms with Gasteiger partial charge in [0.05, 0.1) is 5.41 Å². The SMILES string of the molecule is CC1(C)C(=O)Nc2ccc(C(Br)CCC3CCCC3)cc21. The minimum absolute atomic E-state index is 0.103. The van der Waals surface area contributed by atoms with Crippen molar-refractivity contribution in [2.24, 2.45) is 5.92 Å². The average Bonchev–Trinajstić information content (AvgIpc) is 3.04. The molecular formula is C18H24BrNO. The van der Waals surface area contributed by atoms with Crippen LogP contribution >= 0.6 is 15.9 Å². The second kappa shape index (κ2) is 5.75. The summed E-state index contributed by atoms with van der Waals surface area (Å²) < 4.78 is 0. The fourth-order valence-electron chi connectivity index (χ4n) is 3.63. The van der Waals surface area contributed by atoms with Crippen LogP contribution in [0.5, 0.6) is 0 Å². The Morgan fingerprint density at radius 2 is 2.05 bits per heavy atom. The van der Waals surface area contributed by atoms with Crippen molar-refractivity contribution in [3.63, 3.8) is 0 Å². The summed E-state index contributed by atoms with van der Waals surface area (Å²) in [7, 11) is 0. The van der Waals surface area contributed by atoms with E-state index < -0.39 is 5.41 Å². The van der Waals surface area contributed by atoms with E-state index in [2.05, 4.69) is 39.4 Å². The van der Waals surface area contributed by atoms with E-state index in [0.29, 0.717) is 4.83 Å². The predicted octanol–water partition coefficient (Wildman–Crippen LogP) is 5.32. The van der Waals surface area contributed by atoms with Gasteiger partial charge in [0.25, 0.3) is 0 Å². The number of anilines is 1. The number of benzene rings is 1. The van der Waals surface area contributed by atoms with Gasteiger partial charge in [-0.1, -0.05) is 53.7 Å². The fraction of sp³-hybridized carbons (Fsp3) is 0.611. The van der Waals surface area contributed by atoms with Crippen LogP contribution in [0.1, 0.15) is 68.3 Å². The zero-order valence-electron chi connectivity index (χ0n) is 12.9. The molecule has 1 saturated carbocycles. The van der Waals surface area contributed by atoms with E-state index in [1.165, 1.54) is 44.1 Å². The lowest BCUT2D eigenvalue weighted by atomic mass is 9.85. The maximum atomic E-state index is 12.0. The highest BCUT2D eigenvalue weighted by molar-refractivity contribution is 9.09. The van der Waals surface area contributed by atoms with Crippen LogP contribution < -0.4 is 5.32 Å². The van der Waals surface area contributed by atoms with Crippen LogP contribution in [0.3, 0.4) is 0 Å². The van der Waals surface area contributed by atoms with Crippen LogP contribution in [0, 0.1) is 5.92 Å². The number of fused-ring (bicyclic) bond motifs is 1. The van der Waals surface area contributed by atoms with E-state index in [1.54, 1.807) is 0 Å². The van der Waals surface area contributed by atoms with Gasteiger partial charge in [-0.3, -0.25) is 4.79 Å². The van der Waals surface area contributed by atoms with E-state index in [-0.39, 0.29) is 5.91 Å². The molecule has 1 heterocycles. The summed E-state index contributed by atoms with van der Waals surface area (Å²) in [5.41, 5.74) is 3.00. The predicted molar refractivity (Wildman–Crippen MR) is 91.0 cm³/mol. The number of carbonyl (C=O) groups is 1. The van der Waals surface area contributed by atoms with Gasteiger partial charge in [-0.05, 0) is 49.8 Å². The van der Waals surface area contributed by atoms with Gasteiger partial charge in [0.2, 0.25) is 5.91 Å². The van der Waals surface area contributed by atoms with Crippen LogP contribution in [0.4, 0.5) is 5.69 Å². The van der Waals surface area contributed by atoms with Crippen molar-refractivity contribution in [3.8, 4) is 0 Å². The highest BCUT2D eigenvalue weighted by atomic mass is 79.9. The van der Waals surface area contributed by atoms with Crippen molar-refractivity contribution in [3.05, 3.63) is 29.3 Å². The largest absolute Gasteiger partial charge is 0.325 e. The molecule has 1 unspecified atom stereocenters. The molecule has 2 aliphatic rings. The quantitative estimate of drug-likeness (QED) is 0.732. The minimum atomic E-state index is -0.413. The van der Waals surface area contributed by atoms with Crippen molar-refractivity contribution >= 4 is 27.5 Å². The van der Waals surface area contributed by atoms with E-state index in [4.69, 9.17) is 0 Å². The molecule has 2 nitrogen and oxygen atoms in total. The Hall–Kier alpha value is -0.830. The summed E-state index contributed by atoms with van der Waals surface area (Å²) in [6, 6.07) is 6.41. The number of nitrogens with one attached hydrogen (secondary N) is 1. The molecule has 0 bridgehead atoms. The minimum Gasteiger partial charge on any atom is -0.325 e. The fourth-order valence-corrected chi connectivity index (χ4v) is 4.18. The molecule has 114 valence electrons. The number of carbonyl (C=O) groups excluding carboxylic acids is 1. The lowest BCUT2D eigenvalue weighted by Gasteiger charge is -2.18. The van der Waals surface area contributed by atoms with Gasteiger partial charge in [0.15, 0.2) is 0 Å². The average molecular weight is 350 g/mol. The Balaban J connectivity index is 1.71. The second-order valence-electron chi connectivity index (χ2n) is 7.08. The third kappa shape index (κ3) is 2.90. The lowest BCUT2D eigenvalue weighted by Crippen LogP contribution is -2.26. The van der Waals surface area contributed by atoms with Gasteiger partial charge in [-0.25, -0.2) is 0 Å². The highest BCUT2D eigenvalue weighted by Crippen LogP contribution is 2.41. The molecule has 1 aromatic carbocycles. The lowest BCUT2D eigenvalue weighted by molar-refractivity contribution is -0.119. The van der Waals surface area contributed by atoms with Crippen molar-refractivity contribution < 1.29 is 4.79 Å². The summed E-state index contributed by atoms with van der Waals surface area (Å²) in [6.45, 7) is 4.00. The van der Waals surface area contributed by atoms with Crippen molar-refractivity contribution in [2.75, 3.05) is 5.32 Å². The number of halogens is 1. The first-order valence-electron chi connectivity index (χ1n) is 8.08. The Morgan fingerprint density at radius 3 is 2.76 bits per heavy atom. The maximum Gasteiger partial charge on any atom is 0.234 e. The van der Waals surface area contributed by atoms with Crippen molar-refractivity contribution in [1.29, 1.82) is 0 Å². The Labute approximate surface area is 135 Å². The maximum absolute atomic E-state index is 12.0. The molecule has 1 fully saturated rings. The Morgan fingerprint density at radius 1 is 1.33 bits per heavy atom. The van der Waals surface area contributed by atoms with Crippen LogP contribution in [0.15, 0.2) is 18.2 Å². The van der Waals surface area contributed by atoms with E-state index in [9.17, 15) is 4.79 Å². The normalized spacial score (nSPS) is 22.1. The number of amides is 1. The standard InChI is InChI=1S/C18H24BrNO/c1-18(2)14-11-13(8-10-16(14)20-17(18)21)15(19)9-7-12-5-3-4-6-12/h8,10-12,15H,3-7,9H2,1-2H3,(H,20,21). The molecule has 0 spiro atoms. The topological polar surface area (TPSA) is 29.1 Å². The van der Waals surface area contributed by atoms with Gasteiger partial charge in [-0.2, -0.15) is 0 Å². The molecule has 1 N–H and O–H groups in total. The first-order valence-corrected chi connectivity index (χ1v) is 9.00. The molecular weight excluding hydrogens is 326 g/mol. The molecule has 0 radical (unpaired) electrons. The summed E-state index contributed by atoms with van der Waals surface area (Å²) in [5, 5.41) is 2.98. The van der Waals surface area contributed by atoms with Gasteiger partial charge in [0, 0.05) is 10.5 Å². The summed E-state index contributed by atoms with van der Waals surface area (Å²) in [5.74, 6) is 1.03. The zero-order chi connectivity index (χ0) is 15.0. The number of hydrogen-bond donors (Lipinski definition) is 1. The molecule has 1 aliphatic heterocycles. The van der Waals surface area contributed by atoms with Crippen molar-refractivity contribution in [2.45, 2.75) is 62.6 Å². The van der Waals surface area contributed by atoms with Gasteiger partial charge in [-0.15, -0.1) is 0 Å². The summed E-state index contributed by atoms with van der Waals surface area (Å²) in [4.78, 5) is 12.4. The number of alkyl halides is 1. The van der Waals surface area contributed by atoms with Crippen LogP contribution in [0.2, 0.25) is 0 Å². The van der Waals surface area contributed by atoms with Gasteiger partial charge >= 0.3 is 0 Å². The third-order valence-electron chi connectivity index (χ3n) is 5.20. The van der Waals surface area contributed by atoms with E-state index in [1.807, 2.05) is 13.8 Å². The third-order valence-corrected chi connectivity index (χ3v) is 6.18. The zero-order valence-corrected chi connectivity index (χ0v) is 14.5. The Kier molecular flexibility index (Phi) is 4.13. The first-order chi connectivity index (χ1) is 9.98. The molecule has 0 saturated heterocycles. The highest BCUT2D eigenvalue weighted by Gasteiger charge is 2.38. The van der Waals surface area contributed by atoms with Crippen LogP contribution in [-0.2, 0) is 10.2 Å². The number of rotatable bonds is 4. The molecule has 1 atom stereocenters. The smallest absolute Gasteiger partial charge is 0.234 e.